The van der Waals surface area contributed by atoms with Crippen LogP contribution in [-0.4, -0.2) is 30.5 Å². The minimum atomic E-state index is 0.141. The fourth-order valence-corrected chi connectivity index (χ4v) is 5.34. The van der Waals surface area contributed by atoms with Crippen LogP contribution in [0.1, 0.15) is 42.5 Å². The van der Waals surface area contributed by atoms with Crippen LogP contribution >= 0.6 is 11.8 Å². The summed E-state index contributed by atoms with van der Waals surface area (Å²) >= 11 is 2.10. The predicted molar refractivity (Wildman–Crippen MR) is 85.6 cm³/mol. The second-order valence-electron chi connectivity index (χ2n) is 5.91. The molecule has 2 unspecified atom stereocenters. The smallest absolute Gasteiger partial charge is 0.169 e. The van der Waals surface area contributed by atoms with Gasteiger partial charge in [-0.15, -0.1) is 0 Å². The number of benzene rings is 1. The molecular weight excluding hydrogens is 284 g/mol. The minimum absolute atomic E-state index is 0.141. The molecule has 2 fully saturated rings. The highest BCUT2D eigenvalue weighted by molar-refractivity contribution is 8.00. The summed E-state index contributed by atoms with van der Waals surface area (Å²) in [6.07, 6.45) is 5.88. The summed E-state index contributed by atoms with van der Waals surface area (Å²) in [7, 11) is 3.24. The number of Topliss-reactive ketones (excluding diaryl/α,β-unsaturated/α-hetero) is 1. The summed E-state index contributed by atoms with van der Waals surface area (Å²) in [6, 6.07) is 5.48. The van der Waals surface area contributed by atoms with Crippen LogP contribution in [0, 0.1) is 5.92 Å². The Hall–Kier alpha value is -1.16. The van der Waals surface area contributed by atoms with Gasteiger partial charge in [0, 0.05) is 16.4 Å². The van der Waals surface area contributed by atoms with Gasteiger partial charge in [-0.25, -0.2) is 0 Å². The van der Waals surface area contributed by atoms with Gasteiger partial charge in [-0.2, -0.15) is 11.8 Å². The van der Waals surface area contributed by atoms with E-state index in [0.717, 1.165) is 12.8 Å². The van der Waals surface area contributed by atoms with Crippen LogP contribution in [0.3, 0.4) is 0 Å². The number of carbonyl (C=O) groups is 1. The molecule has 114 valence electrons. The number of methoxy groups -OCH3 is 2. The Morgan fingerprint density at radius 2 is 1.86 bits per heavy atom. The second-order valence-corrected chi connectivity index (χ2v) is 7.52. The number of hydrogen-bond donors (Lipinski definition) is 0. The van der Waals surface area contributed by atoms with Crippen molar-refractivity contribution < 1.29 is 14.3 Å². The lowest BCUT2D eigenvalue weighted by molar-refractivity contribution is 0.0893. The molecule has 0 aromatic heterocycles. The monoisotopic (exact) mass is 306 g/mol. The van der Waals surface area contributed by atoms with E-state index in [1.165, 1.54) is 19.3 Å². The van der Waals surface area contributed by atoms with Crippen LogP contribution in [0.4, 0.5) is 0 Å². The van der Waals surface area contributed by atoms with Gasteiger partial charge in [-0.3, -0.25) is 4.79 Å². The normalized spacial score (nSPS) is 28.0. The highest BCUT2D eigenvalue weighted by Gasteiger charge is 2.36. The Morgan fingerprint density at radius 1 is 1.14 bits per heavy atom. The Bertz CT molecular complexity index is 517. The van der Waals surface area contributed by atoms with Gasteiger partial charge in [0.15, 0.2) is 5.78 Å². The third-order valence-corrected chi connectivity index (χ3v) is 6.20. The van der Waals surface area contributed by atoms with E-state index < -0.39 is 0 Å². The molecule has 2 bridgehead atoms. The molecule has 2 atom stereocenters. The molecule has 1 aromatic rings. The molecule has 0 saturated carbocycles. The third kappa shape index (κ3) is 3.05. The quantitative estimate of drug-likeness (QED) is 0.789. The van der Waals surface area contributed by atoms with Gasteiger partial charge in [0.2, 0.25) is 0 Å². The average molecular weight is 306 g/mol. The van der Waals surface area contributed by atoms with Crippen molar-refractivity contribution in [2.45, 2.75) is 42.6 Å². The lowest BCUT2D eigenvalue weighted by Gasteiger charge is -2.38. The molecule has 3 nitrogen and oxygen atoms in total. The van der Waals surface area contributed by atoms with E-state index in [1.54, 1.807) is 14.2 Å². The zero-order chi connectivity index (χ0) is 14.8. The van der Waals surface area contributed by atoms with Crippen LogP contribution in [0.15, 0.2) is 18.2 Å². The van der Waals surface area contributed by atoms with E-state index >= 15 is 0 Å². The fraction of sp³-hybridized carbons (Fsp3) is 0.588. The molecule has 2 heterocycles. The molecule has 3 rings (SSSR count). The summed E-state index contributed by atoms with van der Waals surface area (Å²) in [5.74, 6) is 1.74. The van der Waals surface area contributed by atoms with Crippen molar-refractivity contribution in [1.29, 1.82) is 0 Å². The zero-order valence-corrected chi connectivity index (χ0v) is 13.4. The van der Waals surface area contributed by atoms with Crippen LogP contribution in [0.5, 0.6) is 11.5 Å². The van der Waals surface area contributed by atoms with Gasteiger partial charge in [0.1, 0.15) is 11.5 Å². The summed E-state index contributed by atoms with van der Waals surface area (Å²) in [4.78, 5) is 12.9. The standard InChI is InChI=1S/C17H22O3S/c1-19-12-6-7-16(20-2)15(10-12)17(18)11-8-13-4-3-5-14(9-11)21-13/h6-7,10-11,13-14H,3-5,8-9H2,1-2H3. The topological polar surface area (TPSA) is 35.5 Å². The molecule has 4 heteroatoms. The molecule has 1 aromatic carbocycles. The Labute approximate surface area is 130 Å². The van der Waals surface area contributed by atoms with Gasteiger partial charge in [-0.1, -0.05) is 6.42 Å². The number of fused-ring (bicyclic) bond motifs is 2. The van der Waals surface area contributed by atoms with Crippen LogP contribution in [0.2, 0.25) is 0 Å². The van der Waals surface area contributed by atoms with Crippen molar-refractivity contribution in [3.63, 3.8) is 0 Å². The van der Waals surface area contributed by atoms with Crippen molar-refractivity contribution in [2.75, 3.05) is 14.2 Å². The van der Waals surface area contributed by atoms with Gasteiger partial charge in [0.05, 0.1) is 19.8 Å². The molecule has 0 N–H and O–H groups in total. The molecule has 0 amide bonds. The number of thioether (sulfide) groups is 1. The summed E-state index contributed by atoms with van der Waals surface area (Å²) in [5, 5.41) is 1.34. The first-order valence-electron chi connectivity index (χ1n) is 7.63. The molecule has 21 heavy (non-hydrogen) atoms. The molecule has 0 aliphatic carbocycles. The first kappa shape index (κ1) is 14.8. The van der Waals surface area contributed by atoms with Crippen molar-refractivity contribution in [2.24, 2.45) is 5.92 Å². The maximum absolute atomic E-state index is 12.9. The predicted octanol–water partition coefficient (Wildman–Crippen LogP) is 3.95. The molecule has 2 saturated heterocycles. The number of rotatable bonds is 4. The van der Waals surface area contributed by atoms with Crippen LogP contribution in [-0.2, 0) is 0 Å². The van der Waals surface area contributed by atoms with E-state index in [-0.39, 0.29) is 11.7 Å². The molecule has 2 aliphatic rings. The maximum atomic E-state index is 12.9. The van der Waals surface area contributed by atoms with Gasteiger partial charge < -0.3 is 9.47 Å². The summed E-state index contributed by atoms with van der Waals surface area (Å²) < 4.78 is 10.6. The summed E-state index contributed by atoms with van der Waals surface area (Å²) in [5.41, 5.74) is 0.673. The average Bonchev–Trinajstić information content (AvgIpc) is 2.53. The Kier molecular flexibility index (Phi) is 4.43. The van der Waals surface area contributed by atoms with E-state index in [9.17, 15) is 4.79 Å². The van der Waals surface area contributed by atoms with Gasteiger partial charge >= 0.3 is 0 Å². The first-order valence-corrected chi connectivity index (χ1v) is 8.57. The molecule has 0 spiro atoms. The number of ether oxygens (including phenoxy) is 2. The number of carbonyl (C=O) groups excluding carboxylic acids is 1. The van der Waals surface area contributed by atoms with Crippen molar-refractivity contribution >= 4 is 17.5 Å². The SMILES string of the molecule is COc1ccc(OC)c(C(=O)C2CC3CCCC(C2)S3)c1. The van der Waals surface area contributed by atoms with E-state index in [2.05, 4.69) is 11.8 Å². The van der Waals surface area contributed by atoms with Crippen LogP contribution in [0.25, 0.3) is 0 Å². The molecule has 2 aliphatic heterocycles. The lowest BCUT2D eigenvalue weighted by Crippen LogP contribution is -2.33. The van der Waals surface area contributed by atoms with Crippen LogP contribution < -0.4 is 9.47 Å². The fourth-order valence-electron chi connectivity index (χ4n) is 3.50. The molecule has 0 radical (unpaired) electrons. The number of ketones is 1. The van der Waals surface area contributed by atoms with Crippen molar-refractivity contribution in [1.82, 2.24) is 0 Å². The summed E-state index contributed by atoms with van der Waals surface area (Å²) in [6.45, 7) is 0. The second kappa shape index (κ2) is 6.30. The third-order valence-electron chi connectivity index (χ3n) is 4.57. The Morgan fingerprint density at radius 3 is 2.48 bits per heavy atom. The molecular formula is C17H22O3S. The maximum Gasteiger partial charge on any atom is 0.169 e. The van der Waals surface area contributed by atoms with E-state index in [0.29, 0.717) is 27.6 Å². The highest BCUT2D eigenvalue weighted by Crippen LogP contribution is 2.45. The van der Waals surface area contributed by atoms with E-state index in [1.807, 2.05) is 18.2 Å². The van der Waals surface area contributed by atoms with Crippen molar-refractivity contribution in [3.8, 4) is 11.5 Å². The minimum Gasteiger partial charge on any atom is -0.497 e. The lowest BCUT2D eigenvalue weighted by atomic mass is 9.84. The van der Waals surface area contributed by atoms with E-state index in [4.69, 9.17) is 9.47 Å². The zero-order valence-electron chi connectivity index (χ0n) is 12.6. The van der Waals surface area contributed by atoms with Gasteiger partial charge in [0.25, 0.3) is 0 Å². The Balaban J connectivity index is 1.84. The first-order chi connectivity index (χ1) is 10.2. The largest absolute Gasteiger partial charge is 0.497 e. The number of hydrogen-bond acceptors (Lipinski definition) is 4. The van der Waals surface area contributed by atoms with Gasteiger partial charge in [-0.05, 0) is 43.9 Å². The van der Waals surface area contributed by atoms with Crippen molar-refractivity contribution in [3.05, 3.63) is 23.8 Å². The highest BCUT2D eigenvalue weighted by atomic mass is 32.2.